The van der Waals surface area contributed by atoms with Crippen LogP contribution in [0.5, 0.6) is 0 Å². The van der Waals surface area contributed by atoms with Crippen LogP contribution in [0.1, 0.15) is 27.7 Å². The van der Waals surface area contributed by atoms with Crippen LogP contribution in [-0.4, -0.2) is 23.0 Å². The number of nitrogens with zero attached hydrogens (tertiary/aromatic N) is 1. The molecule has 0 atom stereocenters. The number of halogens is 1. The van der Waals surface area contributed by atoms with Crippen LogP contribution in [0, 0.1) is 3.57 Å². The summed E-state index contributed by atoms with van der Waals surface area (Å²) in [5.41, 5.74) is 0.694. The van der Waals surface area contributed by atoms with E-state index in [4.69, 9.17) is 0 Å². The number of carbonyl (C=O) groups is 1. The SMILES string of the molecule is CCN(C(=O)Nc1ccccc1I)C(C)(C)C. The molecule has 0 aromatic heterocycles. The first kappa shape index (κ1) is 14.3. The van der Waals surface area contributed by atoms with Crippen LogP contribution in [-0.2, 0) is 0 Å². The Morgan fingerprint density at radius 3 is 2.41 bits per heavy atom. The Morgan fingerprint density at radius 1 is 1.35 bits per heavy atom. The van der Waals surface area contributed by atoms with Gasteiger partial charge in [-0.15, -0.1) is 0 Å². The van der Waals surface area contributed by atoms with Gasteiger partial charge in [-0.05, 0) is 62.4 Å². The molecular weight excluding hydrogens is 327 g/mol. The van der Waals surface area contributed by atoms with Crippen LogP contribution in [0.3, 0.4) is 0 Å². The second-order valence-corrected chi connectivity index (χ2v) is 5.99. The Kier molecular flexibility index (Phi) is 4.80. The second-order valence-electron chi connectivity index (χ2n) is 4.83. The second kappa shape index (κ2) is 5.71. The molecule has 4 heteroatoms. The highest BCUT2D eigenvalue weighted by molar-refractivity contribution is 14.1. The monoisotopic (exact) mass is 346 g/mol. The van der Waals surface area contributed by atoms with Gasteiger partial charge in [-0.3, -0.25) is 0 Å². The predicted molar refractivity (Wildman–Crippen MR) is 80.3 cm³/mol. The van der Waals surface area contributed by atoms with Crippen LogP contribution in [0.25, 0.3) is 0 Å². The van der Waals surface area contributed by atoms with E-state index in [1.807, 2.05) is 56.9 Å². The van der Waals surface area contributed by atoms with E-state index in [0.717, 1.165) is 9.26 Å². The summed E-state index contributed by atoms with van der Waals surface area (Å²) in [5.74, 6) is 0. The minimum absolute atomic E-state index is 0.0517. The average molecular weight is 346 g/mol. The van der Waals surface area contributed by atoms with E-state index in [1.165, 1.54) is 0 Å². The van der Waals surface area contributed by atoms with Gasteiger partial charge in [0.25, 0.3) is 0 Å². The van der Waals surface area contributed by atoms with E-state index in [2.05, 4.69) is 27.9 Å². The number of anilines is 1. The van der Waals surface area contributed by atoms with Crippen LogP contribution in [0.4, 0.5) is 10.5 Å². The fourth-order valence-electron chi connectivity index (χ4n) is 1.67. The first-order chi connectivity index (χ1) is 7.86. The molecule has 0 fully saturated rings. The zero-order chi connectivity index (χ0) is 13.1. The minimum atomic E-state index is -0.168. The lowest BCUT2D eigenvalue weighted by atomic mass is 10.1. The summed E-state index contributed by atoms with van der Waals surface area (Å²) in [7, 11) is 0. The normalized spacial score (nSPS) is 11.1. The van der Waals surface area contributed by atoms with Crippen molar-refractivity contribution >= 4 is 34.3 Å². The topological polar surface area (TPSA) is 32.3 Å². The van der Waals surface area contributed by atoms with Gasteiger partial charge in [0.1, 0.15) is 0 Å². The number of urea groups is 1. The molecule has 0 aliphatic carbocycles. The number of amides is 2. The van der Waals surface area contributed by atoms with Crippen LogP contribution in [0.15, 0.2) is 24.3 Å². The van der Waals surface area contributed by atoms with Gasteiger partial charge in [0.15, 0.2) is 0 Å². The average Bonchev–Trinajstić information content (AvgIpc) is 2.20. The Labute approximate surface area is 117 Å². The van der Waals surface area contributed by atoms with Gasteiger partial charge < -0.3 is 10.2 Å². The van der Waals surface area contributed by atoms with Gasteiger partial charge in [-0.2, -0.15) is 0 Å². The van der Waals surface area contributed by atoms with Crippen LogP contribution >= 0.6 is 22.6 Å². The third-order valence-electron chi connectivity index (χ3n) is 2.49. The number of nitrogens with one attached hydrogen (secondary N) is 1. The summed E-state index contributed by atoms with van der Waals surface area (Å²) >= 11 is 2.22. The van der Waals surface area contributed by atoms with E-state index in [0.29, 0.717) is 6.54 Å². The smallest absolute Gasteiger partial charge is 0.320 e. The van der Waals surface area contributed by atoms with Crippen molar-refractivity contribution in [3.8, 4) is 0 Å². The maximum Gasteiger partial charge on any atom is 0.322 e. The van der Waals surface area contributed by atoms with Gasteiger partial charge in [-0.25, -0.2) is 4.79 Å². The Balaban J connectivity index is 2.82. The molecule has 1 aromatic rings. The molecule has 94 valence electrons. The number of hydrogen-bond donors (Lipinski definition) is 1. The molecule has 1 rings (SSSR count). The van der Waals surface area contributed by atoms with Gasteiger partial charge >= 0.3 is 6.03 Å². The summed E-state index contributed by atoms with van der Waals surface area (Å²) in [6, 6.07) is 7.72. The van der Waals surface area contributed by atoms with Crippen molar-refractivity contribution < 1.29 is 4.79 Å². The summed E-state index contributed by atoms with van der Waals surface area (Å²) in [6.45, 7) is 8.78. The van der Waals surface area contributed by atoms with Crippen molar-refractivity contribution in [2.75, 3.05) is 11.9 Å². The Bertz CT molecular complexity index is 399. The van der Waals surface area contributed by atoms with Crippen molar-refractivity contribution in [3.63, 3.8) is 0 Å². The maximum atomic E-state index is 12.2. The predicted octanol–water partition coefficient (Wildman–Crippen LogP) is 3.94. The number of para-hydroxylation sites is 1. The molecule has 0 saturated heterocycles. The van der Waals surface area contributed by atoms with Crippen molar-refractivity contribution in [1.82, 2.24) is 4.90 Å². The maximum absolute atomic E-state index is 12.2. The minimum Gasteiger partial charge on any atom is -0.320 e. The summed E-state index contributed by atoms with van der Waals surface area (Å²) in [6.07, 6.45) is 0. The van der Waals surface area contributed by atoms with Gasteiger partial charge in [0.05, 0.1) is 5.69 Å². The third kappa shape index (κ3) is 3.87. The molecule has 0 saturated carbocycles. The molecule has 0 aliphatic rings. The van der Waals surface area contributed by atoms with Crippen LogP contribution in [0.2, 0.25) is 0 Å². The van der Waals surface area contributed by atoms with Gasteiger partial charge in [0, 0.05) is 15.7 Å². The molecule has 0 radical (unpaired) electrons. The lowest BCUT2D eigenvalue weighted by Crippen LogP contribution is -2.47. The van der Waals surface area contributed by atoms with E-state index in [1.54, 1.807) is 0 Å². The molecule has 3 nitrogen and oxygen atoms in total. The molecule has 0 aliphatic heterocycles. The van der Waals surface area contributed by atoms with Gasteiger partial charge in [0.2, 0.25) is 0 Å². The lowest BCUT2D eigenvalue weighted by molar-refractivity contribution is 0.162. The highest BCUT2D eigenvalue weighted by Gasteiger charge is 2.24. The van der Waals surface area contributed by atoms with E-state index in [-0.39, 0.29) is 11.6 Å². The fourth-order valence-corrected chi connectivity index (χ4v) is 2.19. The Hall–Kier alpha value is -0.780. The molecule has 0 bridgehead atoms. The molecular formula is C13H19IN2O. The molecule has 0 heterocycles. The third-order valence-corrected chi connectivity index (χ3v) is 3.43. The first-order valence-electron chi connectivity index (χ1n) is 5.69. The van der Waals surface area contributed by atoms with Crippen LogP contribution < -0.4 is 5.32 Å². The highest BCUT2D eigenvalue weighted by Crippen LogP contribution is 2.19. The summed E-state index contributed by atoms with van der Waals surface area (Å²) in [5, 5.41) is 2.95. The first-order valence-corrected chi connectivity index (χ1v) is 6.77. The number of hydrogen-bond acceptors (Lipinski definition) is 1. The fraction of sp³-hybridized carbons (Fsp3) is 0.462. The van der Waals surface area contributed by atoms with Crippen molar-refractivity contribution in [2.45, 2.75) is 33.2 Å². The lowest BCUT2D eigenvalue weighted by Gasteiger charge is -2.34. The molecule has 2 amide bonds. The molecule has 17 heavy (non-hydrogen) atoms. The highest BCUT2D eigenvalue weighted by atomic mass is 127. The molecule has 1 aromatic carbocycles. The van der Waals surface area contributed by atoms with E-state index >= 15 is 0 Å². The molecule has 0 unspecified atom stereocenters. The summed E-state index contributed by atoms with van der Waals surface area (Å²) in [4.78, 5) is 14.0. The molecule has 1 N–H and O–H groups in total. The summed E-state index contributed by atoms with van der Waals surface area (Å²) < 4.78 is 1.04. The number of carbonyl (C=O) groups excluding carboxylic acids is 1. The van der Waals surface area contributed by atoms with E-state index < -0.39 is 0 Å². The zero-order valence-corrected chi connectivity index (χ0v) is 12.9. The van der Waals surface area contributed by atoms with Crippen molar-refractivity contribution in [2.24, 2.45) is 0 Å². The zero-order valence-electron chi connectivity index (χ0n) is 10.7. The number of benzene rings is 1. The number of rotatable bonds is 2. The van der Waals surface area contributed by atoms with Gasteiger partial charge in [-0.1, -0.05) is 12.1 Å². The van der Waals surface area contributed by atoms with Crippen molar-refractivity contribution in [3.05, 3.63) is 27.8 Å². The molecule has 0 spiro atoms. The quantitative estimate of drug-likeness (QED) is 0.809. The standard InChI is InChI=1S/C13H19IN2O/c1-5-16(13(2,3)4)12(17)15-11-9-7-6-8-10(11)14/h6-9H,5H2,1-4H3,(H,15,17). The van der Waals surface area contributed by atoms with E-state index in [9.17, 15) is 4.79 Å². The largest absolute Gasteiger partial charge is 0.322 e. The Morgan fingerprint density at radius 2 is 1.94 bits per heavy atom. The van der Waals surface area contributed by atoms with Crippen molar-refractivity contribution in [1.29, 1.82) is 0 Å².